The highest BCUT2D eigenvalue weighted by Gasteiger charge is 2.05. The summed E-state index contributed by atoms with van der Waals surface area (Å²) in [7, 11) is 0. The Morgan fingerprint density at radius 2 is 2.00 bits per heavy atom. The minimum Gasteiger partial charge on any atom is -0.246 e. The first-order valence-electron chi connectivity index (χ1n) is 3.40. The lowest BCUT2D eigenvalue weighted by molar-refractivity contribution is 0.517. The van der Waals surface area contributed by atoms with E-state index in [0.29, 0.717) is 5.52 Å². The number of nitrogens with zero attached hydrogens (tertiary/aromatic N) is 1. The third-order valence-corrected chi connectivity index (χ3v) is 1.62. The SMILES string of the molecule is Fc1ccc2n[c]ccc2c1F. The maximum Gasteiger partial charge on any atom is 0.168 e. The molecule has 1 radical (unpaired) electrons. The molecule has 0 saturated heterocycles. The van der Waals surface area contributed by atoms with E-state index in [1.54, 1.807) is 0 Å². The molecule has 0 unspecified atom stereocenters. The molecule has 0 amide bonds. The monoisotopic (exact) mass is 164 g/mol. The van der Waals surface area contributed by atoms with Crippen molar-refractivity contribution in [2.24, 2.45) is 0 Å². The number of aromatic nitrogens is 1. The largest absolute Gasteiger partial charge is 0.246 e. The fraction of sp³-hybridized carbons (Fsp3) is 0. The van der Waals surface area contributed by atoms with Crippen LogP contribution in [0.15, 0.2) is 24.3 Å². The van der Waals surface area contributed by atoms with Crippen molar-refractivity contribution in [3.05, 3.63) is 42.1 Å². The van der Waals surface area contributed by atoms with Gasteiger partial charge in [0.15, 0.2) is 11.6 Å². The molecule has 12 heavy (non-hydrogen) atoms. The van der Waals surface area contributed by atoms with Crippen LogP contribution >= 0.6 is 0 Å². The van der Waals surface area contributed by atoms with Crippen molar-refractivity contribution in [2.75, 3.05) is 0 Å². The highest BCUT2D eigenvalue weighted by atomic mass is 19.2. The first-order valence-corrected chi connectivity index (χ1v) is 3.40. The molecule has 2 rings (SSSR count). The van der Waals surface area contributed by atoms with Gasteiger partial charge in [-0.2, -0.15) is 0 Å². The van der Waals surface area contributed by atoms with Crippen LogP contribution in [0, 0.1) is 17.8 Å². The standard InChI is InChI=1S/C9H4F2N/c10-7-3-4-8-6(9(7)11)2-1-5-12-8/h1-4H. The van der Waals surface area contributed by atoms with Gasteiger partial charge in [0.2, 0.25) is 0 Å². The van der Waals surface area contributed by atoms with Crippen molar-refractivity contribution in [3.8, 4) is 0 Å². The van der Waals surface area contributed by atoms with Crippen LogP contribution in [-0.4, -0.2) is 4.98 Å². The molecule has 59 valence electrons. The van der Waals surface area contributed by atoms with Gasteiger partial charge in [-0.3, -0.25) is 0 Å². The Kier molecular flexibility index (Phi) is 1.50. The second-order valence-electron chi connectivity index (χ2n) is 2.37. The predicted molar refractivity (Wildman–Crippen MR) is 40.5 cm³/mol. The number of halogens is 2. The van der Waals surface area contributed by atoms with E-state index in [1.807, 2.05) is 0 Å². The summed E-state index contributed by atoms with van der Waals surface area (Å²) < 4.78 is 25.6. The molecule has 3 heteroatoms. The molecule has 1 aromatic carbocycles. The van der Waals surface area contributed by atoms with Crippen molar-refractivity contribution < 1.29 is 8.78 Å². The molecule has 0 atom stereocenters. The van der Waals surface area contributed by atoms with E-state index in [2.05, 4.69) is 11.2 Å². The first kappa shape index (κ1) is 7.16. The fourth-order valence-electron chi connectivity index (χ4n) is 1.04. The van der Waals surface area contributed by atoms with Gasteiger partial charge in [-0.25, -0.2) is 13.8 Å². The molecule has 0 aliphatic rings. The third kappa shape index (κ3) is 0.942. The van der Waals surface area contributed by atoms with E-state index in [0.717, 1.165) is 6.07 Å². The predicted octanol–water partition coefficient (Wildman–Crippen LogP) is 2.31. The van der Waals surface area contributed by atoms with Crippen LogP contribution in [0.4, 0.5) is 8.78 Å². The van der Waals surface area contributed by atoms with E-state index in [9.17, 15) is 8.78 Å². The van der Waals surface area contributed by atoms with Gasteiger partial charge >= 0.3 is 0 Å². The van der Waals surface area contributed by atoms with Gasteiger partial charge in [0.05, 0.1) is 11.7 Å². The lowest BCUT2D eigenvalue weighted by atomic mass is 10.2. The lowest BCUT2D eigenvalue weighted by Gasteiger charge is -1.97. The first-order chi connectivity index (χ1) is 5.79. The Labute approximate surface area is 67.7 Å². The minimum atomic E-state index is -0.853. The van der Waals surface area contributed by atoms with Gasteiger partial charge in [0, 0.05) is 5.39 Å². The van der Waals surface area contributed by atoms with Crippen molar-refractivity contribution in [2.45, 2.75) is 0 Å². The maximum absolute atomic E-state index is 13.0. The second kappa shape index (κ2) is 2.52. The zero-order valence-corrected chi connectivity index (χ0v) is 6.01. The van der Waals surface area contributed by atoms with E-state index < -0.39 is 11.6 Å². The summed E-state index contributed by atoms with van der Waals surface area (Å²) in [6.45, 7) is 0. The van der Waals surface area contributed by atoms with E-state index in [4.69, 9.17) is 0 Å². The number of fused-ring (bicyclic) bond motifs is 1. The molecule has 0 aliphatic heterocycles. The molecule has 0 saturated carbocycles. The molecule has 2 aromatic rings. The summed E-state index contributed by atoms with van der Waals surface area (Å²) in [6, 6.07) is 5.37. The van der Waals surface area contributed by atoms with E-state index in [-0.39, 0.29) is 5.39 Å². The molecule has 0 bridgehead atoms. The maximum atomic E-state index is 13.0. The smallest absolute Gasteiger partial charge is 0.168 e. The number of rotatable bonds is 0. The molecule has 1 heterocycles. The average Bonchev–Trinajstić information content (AvgIpc) is 2.12. The van der Waals surface area contributed by atoms with Gasteiger partial charge in [-0.05, 0) is 24.3 Å². The second-order valence-corrected chi connectivity index (χ2v) is 2.37. The fourth-order valence-corrected chi connectivity index (χ4v) is 1.04. The molecule has 1 nitrogen and oxygen atoms in total. The summed E-state index contributed by atoms with van der Waals surface area (Å²) in [5.41, 5.74) is 0.413. The van der Waals surface area contributed by atoms with Crippen LogP contribution in [0.25, 0.3) is 10.9 Å². The Balaban J connectivity index is 2.91. The zero-order valence-electron chi connectivity index (χ0n) is 6.01. The van der Waals surface area contributed by atoms with Crippen LogP contribution in [0.5, 0.6) is 0 Å². The van der Waals surface area contributed by atoms with Crippen molar-refractivity contribution in [3.63, 3.8) is 0 Å². The molecular formula is C9H4F2N. The zero-order chi connectivity index (χ0) is 8.55. The van der Waals surface area contributed by atoms with Gasteiger partial charge in [0.1, 0.15) is 0 Å². The highest BCUT2D eigenvalue weighted by Crippen LogP contribution is 2.17. The quantitative estimate of drug-likeness (QED) is 0.582. The average molecular weight is 164 g/mol. The minimum absolute atomic E-state index is 0.189. The van der Waals surface area contributed by atoms with Crippen LogP contribution in [-0.2, 0) is 0 Å². The molecule has 0 aliphatic carbocycles. The lowest BCUT2D eigenvalue weighted by Crippen LogP contribution is -1.87. The number of hydrogen-bond donors (Lipinski definition) is 0. The Hall–Kier alpha value is -1.51. The van der Waals surface area contributed by atoms with Gasteiger partial charge < -0.3 is 0 Å². The summed E-state index contributed by atoms with van der Waals surface area (Å²) >= 11 is 0. The molecular weight excluding hydrogens is 160 g/mol. The van der Waals surface area contributed by atoms with Crippen LogP contribution in [0.3, 0.4) is 0 Å². The summed E-state index contributed by atoms with van der Waals surface area (Å²) in [5, 5.41) is 0.189. The van der Waals surface area contributed by atoms with Crippen LogP contribution in [0.1, 0.15) is 0 Å². The summed E-state index contributed by atoms with van der Waals surface area (Å²) in [4.78, 5) is 3.75. The van der Waals surface area contributed by atoms with E-state index in [1.165, 1.54) is 18.2 Å². The number of pyridine rings is 1. The normalized spacial score (nSPS) is 10.5. The highest BCUT2D eigenvalue weighted by molar-refractivity contribution is 5.78. The molecule has 0 spiro atoms. The molecule has 1 aromatic heterocycles. The van der Waals surface area contributed by atoms with Gasteiger partial charge in [0.25, 0.3) is 0 Å². The van der Waals surface area contributed by atoms with Crippen molar-refractivity contribution in [1.82, 2.24) is 4.98 Å². The molecule has 0 N–H and O–H groups in total. The Morgan fingerprint density at radius 3 is 2.83 bits per heavy atom. The van der Waals surface area contributed by atoms with Gasteiger partial charge in [-0.15, -0.1) is 0 Å². The summed E-state index contributed by atoms with van der Waals surface area (Å²) in [6.07, 6.45) is 2.54. The Bertz CT molecular complexity index is 426. The molecule has 0 fully saturated rings. The topological polar surface area (TPSA) is 12.9 Å². The Morgan fingerprint density at radius 1 is 1.17 bits per heavy atom. The number of hydrogen-bond acceptors (Lipinski definition) is 1. The number of benzene rings is 1. The van der Waals surface area contributed by atoms with Crippen molar-refractivity contribution in [1.29, 1.82) is 0 Å². The third-order valence-electron chi connectivity index (χ3n) is 1.62. The summed E-state index contributed by atoms with van der Waals surface area (Å²) in [5.74, 6) is -1.70. The van der Waals surface area contributed by atoms with E-state index >= 15 is 0 Å². The van der Waals surface area contributed by atoms with Crippen LogP contribution in [0.2, 0.25) is 0 Å². The van der Waals surface area contributed by atoms with Crippen LogP contribution < -0.4 is 0 Å². The van der Waals surface area contributed by atoms with Gasteiger partial charge in [-0.1, -0.05) is 0 Å². The van der Waals surface area contributed by atoms with Crippen molar-refractivity contribution >= 4 is 10.9 Å².